The summed E-state index contributed by atoms with van der Waals surface area (Å²) in [5, 5.41) is 3.54. The molecule has 2 aromatic heterocycles. The summed E-state index contributed by atoms with van der Waals surface area (Å²) in [7, 11) is 1.38. The van der Waals surface area contributed by atoms with Crippen LogP contribution in [0.1, 0.15) is 39.3 Å². The number of anilines is 1. The van der Waals surface area contributed by atoms with Gasteiger partial charge in [-0.3, -0.25) is 4.79 Å². The van der Waals surface area contributed by atoms with Gasteiger partial charge in [-0.05, 0) is 31.2 Å². The Morgan fingerprint density at radius 2 is 2.08 bits per heavy atom. The van der Waals surface area contributed by atoms with Crippen LogP contribution in [-0.4, -0.2) is 19.0 Å². The Hall–Kier alpha value is -2.21. The van der Waals surface area contributed by atoms with Gasteiger partial charge in [0.05, 0.1) is 12.7 Å². The highest BCUT2D eigenvalue weighted by Gasteiger charge is 2.27. The molecule has 0 aliphatic heterocycles. The number of nitrogens with one attached hydrogen (secondary N) is 1. The maximum absolute atomic E-state index is 12.4. The number of carbonyl (C=O) groups excluding carboxylic acids is 2. The van der Waals surface area contributed by atoms with Crippen molar-refractivity contribution in [3.8, 4) is 0 Å². The van der Waals surface area contributed by atoms with Crippen molar-refractivity contribution >= 4 is 28.2 Å². The Morgan fingerprint density at radius 1 is 1.29 bits per heavy atom. The Morgan fingerprint density at radius 3 is 2.83 bits per heavy atom. The third-order valence-electron chi connectivity index (χ3n) is 4.30. The number of nitrogens with zero attached hydrogens (tertiary/aromatic N) is 1. The van der Waals surface area contributed by atoms with Crippen molar-refractivity contribution < 1.29 is 18.9 Å². The zero-order chi connectivity index (χ0) is 17.1. The van der Waals surface area contributed by atoms with Crippen LogP contribution in [0.4, 0.5) is 5.00 Å². The van der Waals surface area contributed by atoms with Gasteiger partial charge in [0.15, 0.2) is 11.9 Å². The number of thiophene rings is 1. The van der Waals surface area contributed by atoms with Crippen molar-refractivity contribution in [1.82, 2.24) is 0 Å². The van der Waals surface area contributed by atoms with Crippen LogP contribution in [0.2, 0.25) is 0 Å². The lowest BCUT2D eigenvalue weighted by Crippen LogP contribution is -2.42. The molecule has 3 rings (SSSR count). The minimum atomic E-state index is -0.367. The number of carbonyl (C=O) groups is 2. The average molecular weight is 345 g/mol. The van der Waals surface area contributed by atoms with Crippen LogP contribution in [-0.2, 0) is 28.9 Å². The fourth-order valence-corrected chi connectivity index (χ4v) is 4.33. The van der Waals surface area contributed by atoms with E-state index in [1.54, 1.807) is 0 Å². The number of ether oxygens (including phenoxy) is 1. The fourth-order valence-electron chi connectivity index (χ4n) is 3.03. The van der Waals surface area contributed by atoms with Gasteiger partial charge in [0.1, 0.15) is 5.00 Å². The van der Waals surface area contributed by atoms with Gasteiger partial charge in [0.25, 0.3) is 5.91 Å². The van der Waals surface area contributed by atoms with Gasteiger partial charge in [-0.2, -0.15) is 4.57 Å². The van der Waals surface area contributed by atoms with Crippen LogP contribution in [0.3, 0.4) is 0 Å². The summed E-state index contributed by atoms with van der Waals surface area (Å²) in [6.45, 7) is 2.17. The quantitative estimate of drug-likeness (QED) is 0.685. The first-order chi connectivity index (χ1) is 11.6. The maximum atomic E-state index is 12.4. The topological polar surface area (TPSA) is 59.3 Å². The van der Waals surface area contributed by atoms with Crippen LogP contribution < -0.4 is 9.88 Å². The van der Waals surface area contributed by atoms with Crippen LogP contribution >= 0.6 is 11.3 Å². The van der Waals surface area contributed by atoms with Crippen LogP contribution in [0.5, 0.6) is 0 Å². The first-order valence-corrected chi connectivity index (χ1v) is 8.89. The van der Waals surface area contributed by atoms with E-state index in [0.29, 0.717) is 10.6 Å². The third-order valence-corrected chi connectivity index (χ3v) is 5.50. The van der Waals surface area contributed by atoms with E-state index in [2.05, 4.69) is 5.32 Å². The molecule has 2 aromatic rings. The number of hydrogen-bond acceptors (Lipinski definition) is 4. The van der Waals surface area contributed by atoms with Gasteiger partial charge in [0.2, 0.25) is 6.54 Å². The minimum absolute atomic E-state index is 0.141. The summed E-state index contributed by atoms with van der Waals surface area (Å²) in [6.07, 6.45) is 5.90. The molecule has 0 atom stereocenters. The van der Waals surface area contributed by atoms with E-state index in [1.165, 1.54) is 23.3 Å². The summed E-state index contributed by atoms with van der Waals surface area (Å²) in [4.78, 5) is 25.8. The predicted molar refractivity (Wildman–Crippen MR) is 92.3 cm³/mol. The number of fused-ring (bicyclic) bond motifs is 1. The first kappa shape index (κ1) is 16.6. The molecule has 1 amide bonds. The summed E-state index contributed by atoms with van der Waals surface area (Å²) in [5.41, 5.74) is 2.60. The summed E-state index contributed by atoms with van der Waals surface area (Å²) in [5.74, 6) is -0.508. The molecular weight excluding hydrogens is 324 g/mol. The summed E-state index contributed by atoms with van der Waals surface area (Å²) >= 11 is 1.51. The molecule has 0 radical (unpaired) electrons. The molecule has 5 nitrogen and oxygen atoms in total. The normalized spacial score (nSPS) is 13.2. The second-order valence-corrected chi connectivity index (χ2v) is 7.03. The number of pyridine rings is 1. The number of rotatable bonds is 4. The SMILES string of the molecule is COC(=O)c1c(NC(=O)C[n+]2ccccc2C)sc2c1CCCC2. The maximum Gasteiger partial charge on any atom is 0.341 e. The van der Waals surface area contributed by atoms with E-state index < -0.39 is 0 Å². The number of esters is 1. The molecule has 0 spiro atoms. The first-order valence-electron chi connectivity index (χ1n) is 8.08. The Balaban J connectivity index is 1.84. The Kier molecular flexibility index (Phi) is 4.94. The lowest BCUT2D eigenvalue weighted by molar-refractivity contribution is -0.690. The molecule has 1 aliphatic rings. The van der Waals surface area contributed by atoms with Crippen LogP contribution in [0.25, 0.3) is 0 Å². The van der Waals surface area contributed by atoms with E-state index in [0.717, 1.165) is 36.9 Å². The molecule has 6 heteroatoms. The molecule has 2 heterocycles. The van der Waals surface area contributed by atoms with Crippen molar-refractivity contribution in [1.29, 1.82) is 0 Å². The molecule has 0 aromatic carbocycles. The van der Waals surface area contributed by atoms with Gasteiger partial charge in [-0.15, -0.1) is 11.3 Å². The van der Waals surface area contributed by atoms with E-state index >= 15 is 0 Å². The van der Waals surface area contributed by atoms with Crippen LogP contribution in [0, 0.1) is 6.92 Å². The van der Waals surface area contributed by atoms with Crippen LogP contribution in [0.15, 0.2) is 24.4 Å². The second kappa shape index (κ2) is 7.13. The minimum Gasteiger partial charge on any atom is -0.465 e. The number of aromatic nitrogens is 1. The zero-order valence-electron chi connectivity index (χ0n) is 13.9. The van der Waals surface area contributed by atoms with Crippen molar-refractivity contribution in [2.24, 2.45) is 0 Å². The fraction of sp³-hybridized carbons (Fsp3) is 0.389. The highest BCUT2D eigenvalue weighted by atomic mass is 32.1. The van der Waals surface area contributed by atoms with Crippen molar-refractivity contribution in [3.63, 3.8) is 0 Å². The lowest BCUT2D eigenvalue weighted by atomic mass is 9.95. The van der Waals surface area contributed by atoms with Crippen molar-refractivity contribution in [3.05, 3.63) is 46.1 Å². The van der Waals surface area contributed by atoms with Gasteiger partial charge in [-0.25, -0.2) is 4.79 Å². The smallest absolute Gasteiger partial charge is 0.341 e. The molecule has 24 heavy (non-hydrogen) atoms. The highest BCUT2D eigenvalue weighted by molar-refractivity contribution is 7.17. The molecular formula is C18H21N2O3S+. The zero-order valence-corrected chi connectivity index (χ0v) is 14.7. The number of methoxy groups -OCH3 is 1. The molecule has 0 unspecified atom stereocenters. The Bertz CT molecular complexity index is 783. The number of aryl methyl sites for hydroxylation is 2. The van der Waals surface area contributed by atoms with Gasteiger partial charge >= 0.3 is 5.97 Å². The predicted octanol–water partition coefficient (Wildman–Crippen LogP) is 2.65. The van der Waals surface area contributed by atoms with E-state index in [4.69, 9.17) is 4.74 Å². The molecule has 0 fully saturated rings. The largest absolute Gasteiger partial charge is 0.465 e. The van der Waals surface area contributed by atoms with E-state index in [9.17, 15) is 9.59 Å². The second-order valence-electron chi connectivity index (χ2n) is 5.92. The highest BCUT2D eigenvalue weighted by Crippen LogP contribution is 2.38. The lowest BCUT2D eigenvalue weighted by Gasteiger charge is -2.11. The van der Waals surface area contributed by atoms with E-state index in [-0.39, 0.29) is 18.4 Å². The number of amides is 1. The average Bonchev–Trinajstić information content (AvgIpc) is 2.94. The monoisotopic (exact) mass is 345 g/mol. The molecule has 126 valence electrons. The molecule has 0 saturated heterocycles. The third kappa shape index (κ3) is 3.33. The molecule has 1 N–H and O–H groups in total. The van der Waals surface area contributed by atoms with Crippen molar-refractivity contribution in [2.75, 3.05) is 12.4 Å². The van der Waals surface area contributed by atoms with E-state index in [1.807, 2.05) is 35.9 Å². The van der Waals surface area contributed by atoms with Gasteiger partial charge < -0.3 is 10.1 Å². The summed E-state index contributed by atoms with van der Waals surface area (Å²) in [6, 6.07) is 5.79. The number of hydrogen-bond donors (Lipinski definition) is 1. The molecule has 1 aliphatic carbocycles. The molecule has 0 bridgehead atoms. The van der Waals surface area contributed by atoms with Crippen molar-refractivity contribution in [2.45, 2.75) is 39.2 Å². The molecule has 0 saturated carbocycles. The van der Waals surface area contributed by atoms with Gasteiger partial charge in [-0.1, -0.05) is 6.07 Å². The standard InChI is InChI=1S/C18H20N2O3S/c1-12-7-5-6-10-20(12)11-15(21)19-17-16(18(22)23-2)13-8-3-4-9-14(13)24-17/h5-7,10H,3-4,8-9,11H2,1-2H3/p+1. The van der Waals surface area contributed by atoms with Gasteiger partial charge in [0, 0.05) is 23.9 Å². The Labute approximate surface area is 145 Å². The summed E-state index contributed by atoms with van der Waals surface area (Å²) < 4.78 is 6.81.